The van der Waals surface area contributed by atoms with Gasteiger partial charge in [-0.2, -0.15) is 0 Å². The Balaban J connectivity index is 2.72. The minimum Gasteiger partial charge on any atom is -0.252 e. The predicted octanol–water partition coefficient (Wildman–Crippen LogP) is 1.08. The van der Waals surface area contributed by atoms with Gasteiger partial charge in [-0.25, -0.2) is 9.99 Å². The van der Waals surface area contributed by atoms with E-state index in [1.807, 2.05) is 0 Å². The maximum absolute atomic E-state index is 10.3. The Kier molecular flexibility index (Phi) is 4.95. The van der Waals surface area contributed by atoms with Crippen LogP contribution in [0.15, 0.2) is 0 Å². The molecule has 0 aliphatic rings. The molecule has 0 aromatic heterocycles. The van der Waals surface area contributed by atoms with Crippen molar-refractivity contribution in [3.05, 3.63) is 0 Å². The zero-order valence-corrected chi connectivity index (χ0v) is 4.96. The van der Waals surface area contributed by atoms with Gasteiger partial charge in [0.2, 0.25) is 0 Å². The third-order valence-corrected chi connectivity index (χ3v) is 0.846. The lowest BCUT2D eigenvalue weighted by Crippen LogP contribution is -1.99. The number of hydrogen-bond acceptors (Lipinski definition) is 2. The Bertz CT molecular complexity index is 44.9. The van der Waals surface area contributed by atoms with E-state index in [-0.39, 0.29) is 6.61 Å². The Morgan fingerprint density at radius 3 is 2.75 bits per heavy atom. The van der Waals surface area contributed by atoms with E-state index in [9.17, 15) is 5.11 Å². The van der Waals surface area contributed by atoms with Gasteiger partial charge in [-0.1, -0.05) is 0 Å². The van der Waals surface area contributed by atoms with Crippen LogP contribution in [0.2, 0.25) is 0 Å². The molecule has 0 aliphatic carbocycles. The van der Waals surface area contributed by atoms with Crippen LogP contribution in [0.5, 0.6) is 0 Å². The molecule has 3 heteroatoms. The van der Waals surface area contributed by atoms with Gasteiger partial charge < -0.3 is 0 Å². The molecule has 0 aliphatic heterocycles. The average molecular weight is 119 g/mol. The normalized spacial score (nSPS) is 13.9. The predicted molar refractivity (Wildman–Crippen MR) is 28.0 cm³/mol. The highest BCUT2D eigenvalue weighted by molar-refractivity contribution is 4.44. The zero-order valence-electron chi connectivity index (χ0n) is 4.96. The molecule has 1 N–H and O–H groups in total. The van der Waals surface area contributed by atoms with Crippen LogP contribution < -0.4 is 0 Å². The molecule has 1 unspecified atom stereocenters. The second-order valence-corrected chi connectivity index (χ2v) is 1.79. The first-order valence-corrected chi connectivity index (χ1v) is 2.69. The van der Waals surface area contributed by atoms with Crippen molar-refractivity contribution in [2.45, 2.75) is 25.9 Å². The molecule has 0 heterocycles. The minimum atomic E-state index is -0.537. The summed E-state index contributed by atoms with van der Waals surface area (Å²) < 4.78 is 0. The van der Waals surface area contributed by atoms with Crippen molar-refractivity contribution >= 4 is 0 Å². The lowest BCUT2D eigenvalue weighted by atomic mass is 10.2. The number of rotatable bonds is 4. The van der Waals surface area contributed by atoms with Crippen LogP contribution in [0.1, 0.15) is 19.8 Å². The van der Waals surface area contributed by atoms with Gasteiger partial charge in [0.25, 0.3) is 0 Å². The summed E-state index contributed by atoms with van der Waals surface area (Å²) >= 11 is 0. The Morgan fingerprint density at radius 2 is 2.38 bits per heavy atom. The van der Waals surface area contributed by atoms with Crippen molar-refractivity contribution in [3.8, 4) is 0 Å². The molecule has 0 bridgehead atoms. The van der Waals surface area contributed by atoms with Crippen molar-refractivity contribution in [2.24, 2.45) is 0 Å². The summed E-state index contributed by atoms with van der Waals surface area (Å²) in [7, 11) is 0. The van der Waals surface area contributed by atoms with E-state index in [2.05, 4.69) is 4.89 Å². The van der Waals surface area contributed by atoms with Crippen LogP contribution >= 0.6 is 0 Å². The molecule has 0 aromatic carbocycles. The molecule has 1 atom stereocenters. The van der Waals surface area contributed by atoms with Gasteiger partial charge in [0, 0.05) is 0 Å². The molecule has 0 fully saturated rings. The van der Waals surface area contributed by atoms with Gasteiger partial charge in [0.05, 0.1) is 12.7 Å². The largest absolute Gasteiger partial charge is 0.252 e. The van der Waals surface area contributed by atoms with Gasteiger partial charge in [0.1, 0.15) is 0 Å². The highest BCUT2D eigenvalue weighted by Crippen LogP contribution is 1.94. The highest BCUT2D eigenvalue weighted by Gasteiger charge is 1.95. The van der Waals surface area contributed by atoms with Crippen LogP contribution in [0.3, 0.4) is 0 Å². The van der Waals surface area contributed by atoms with Crippen molar-refractivity contribution in [2.75, 3.05) is 6.61 Å². The first kappa shape index (κ1) is 7.88. The summed E-state index contributed by atoms with van der Waals surface area (Å²) in [4.78, 5) is 3.75. The fraction of sp³-hybridized carbons (Fsp3) is 1.00. The molecule has 0 rings (SSSR count). The summed E-state index contributed by atoms with van der Waals surface area (Å²) in [6.45, 7) is 1.87. The van der Waals surface area contributed by atoms with E-state index in [0.29, 0.717) is 12.8 Å². The monoisotopic (exact) mass is 119 g/mol. The van der Waals surface area contributed by atoms with Gasteiger partial charge in [0.15, 0.2) is 0 Å². The smallest absolute Gasteiger partial charge is 0.0903 e. The van der Waals surface area contributed by atoms with E-state index >= 15 is 0 Å². The second kappa shape index (κ2) is 5.03. The minimum absolute atomic E-state index is 0.270. The molecule has 0 spiro atoms. The van der Waals surface area contributed by atoms with E-state index in [1.54, 1.807) is 6.92 Å². The third-order valence-electron chi connectivity index (χ3n) is 0.846. The maximum atomic E-state index is 10.3. The van der Waals surface area contributed by atoms with Crippen molar-refractivity contribution in [1.82, 2.24) is 0 Å². The van der Waals surface area contributed by atoms with Crippen molar-refractivity contribution in [1.29, 1.82) is 0 Å². The molecule has 0 aromatic rings. The van der Waals surface area contributed by atoms with E-state index in [1.165, 1.54) is 0 Å². The molecule has 3 nitrogen and oxygen atoms in total. The summed E-state index contributed by atoms with van der Waals surface area (Å²) in [5.74, 6) is 0. The fourth-order valence-electron chi connectivity index (χ4n) is 0.435. The molecule has 8 heavy (non-hydrogen) atoms. The van der Waals surface area contributed by atoms with Gasteiger partial charge in [-0.05, 0) is 19.8 Å². The van der Waals surface area contributed by atoms with Crippen LogP contribution in [-0.4, -0.2) is 18.0 Å². The van der Waals surface area contributed by atoms with Crippen molar-refractivity contribution in [3.63, 3.8) is 0 Å². The molecular formula is C5H11O3. The highest BCUT2D eigenvalue weighted by atomic mass is 17.1. The van der Waals surface area contributed by atoms with Gasteiger partial charge in [-0.15, -0.1) is 0 Å². The molecule has 0 amide bonds. The molecule has 0 saturated carbocycles. The van der Waals surface area contributed by atoms with E-state index in [0.717, 1.165) is 0 Å². The molecule has 0 saturated heterocycles. The van der Waals surface area contributed by atoms with E-state index in [4.69, 9.17) is 5.26 Å². The molecule has 1 radical (unpaired) electrons. The van der Waals surface area contributed by atoms with Gasteiger partial charge in [-0.3, -0.25) is 5.26 Å². The van der Waals surface area contributed by atoms with E-state index < -0.39 is 6.10 Å². The summed E-state index contributed by atoms with van der Waals surface area (Å²) in [6, 6.07) is 0. The van der Waals surface area contributed by atoms with Crippen molar-refractivity contribution < 1.29 is 15.3 Å². The van der Waals surface area contributed by atoms with Crippen LogP contribution in [0, 0.1) is 0 Å². The SMILES string of the molecule is CC([O])CCCOO. The molecule has 49 valence electrons. The zero-order chi connectivity index (χ0) is 6.41. The Hall–Kier alpha value is -0.120. The topological polar surface area (TPSA) is 49.4 Å². The quantitative estimate of drug-likeness (QED) is 0.342. The third kappa shape index (κ3) is 5.88. The summed E-state index contributed by atoms with van der Waals surface area (Å²) in [5.41, 5.74) is 0. The fourth-order valence-corrected chi connectivity index (χ4v) is 0.435. The number of hydrogen-bond donors (Lipinski definition) is 1. The second-order valence-electron chi connectivity index (χ2n) is 1.79. The Labute approximate surface area is 48.8 Å². The lowest BCUT2D eigenvalue weighted by Gasteiger charge is -1.97. The summed E-state index contributed by atoms with van der Waals surface area (Å²) in [5, 5.41) is 18.0. The van der Waals surface area contributed by atoms with Crippen LogP contribution in [-0.2, 0) is 9.99 Å². The maximum Gasteiger partial charge on any atom is 0.0903 e. The van der Waals surface area contributed by atoms with Crippen LogP contribution in [0.25, 0.3) is 0 Å². The first-order valence-electron chi connectivity index (χ1n) is 2.69. The standard InChI is InChI=1S/C5H11O3/c1-5(6)3-2-4-8-7/h5,7H,2-4H2,1H3. The molecular weight excluding hydrogens is 108 g/mol. The van der Waals surface area contributed by atoms with Crippen LogP contribution in [0.4, 0.5) is 0 Å². The Morgan fingerprint density at radius 1 is 1.75 bits per heavy atom. The lowest BCUT2D eigenvalue weighted by molar-refractivity contribution is -0.243. The summed E-state index contributed by atoms with van der Waals surface area (Å²) in [6.07, 6.45) is 0.673. The average Bonchev–Trinajstić information content (AvgIpc) is 1.66. The van der Waals surface area contributed by atoms with Gasteiger partial charge >= 0.3 is 0 Å². The first-order chi connectivity index (χ1) is 3.77.